The molecule has 0 spiro atoms. The van der Waals surface area contributed by atoms with Gasteiger partial charge in [-0.1, -0.05) is 0 Å². The molecule has 3 atom stereocenters. The zero-order valence-electron chi connectivity index (χ0n) is 17.8. The van der Waals surface area contributed by atoms with E-state index in [-0.39, 0.29) is 35.5 Å². The Labute approximate surface area is 179 Å². The van der Waals surface area contributed by atoms with Crippen LogP contribution in [0.3, 0.4) is 0 Å². The predicted molar refractivity (Wildman–Crippen MR) is 109 cm³/mol. The number of likely N-dealkylation sites (tertiary alicyclic amines) is 1. The summed E-state index contributed by atoms with van der Waals surface area (Å²) >= 11 is 0. The summed E-state index contributed by atoms with van der Waals surface area (Å²) in [5.41, 5.74) is 0.441. The zero-order chi connectivity index (χ0) is 22.2. The van der Waals surface area contributed by atoms with Gasteiger partial charge in [-0.25, -0.2) is 4.39 Å². The molecule has 0 saturated carbocycles. The number of anilines is 1. The van der Waals surface area contributed by atoms with Crippen LogP contribution in [0.2, 0.25) is 0 Å². The van der Waals surface area contributed by atoms with Crippen molar-refractivity contribution in [1.82, 2.24) is 15.1 Å². The van der Waals surface area contributed by atoms with Crippen molar-refractivity contribution in [3.8, 4) is 0 Å². The summed E-state index contributed by atoms with van der Waals surface area (Å²) in [4.78, 5) is 54.8. The number of piperidine rings is 1. The minimum atomic E-state index is -1.06. The summed E-state index contributed by atoms with van der Waals surface area (Å²) in [5, 5.41) is 2.17. The molecule has 164 valence electrons. The molecule has 4 heterocycles. The van der Waals surface area contributed by atoms with Gasteiger partial charge in [-0.15, -0.1) is 0 Å². The van der Waals surface area contributed by atoms with Crippen molar-refractivity contribution >= 4 is 29.3 Å². The molecule has 4 aliphatic heterocycles. The molecule has 5 rings (SSSR count). The largest absolute Gasteiger partial charge is 0.363 e. The molecular weight excluding hydrogens is 403 g/mol. The Bertz CT molecular complexity index is 1030. The fourth-order valence-corrected chi connectivity index (χ4v) is 5.48. The highest BCUT2D eigenvalue weighted by Gasteiger charge is 2.49. The molecule has 1 N–H and O–H groups in total. The van der Waals surface area contributed by atoms with E-state index in [1.807, 2.05) is 4.90 Å². The monoisotopic (exact) mass is 428 g/mol. The molecule has 1 aromatic carbocycles. The number of nitrogens with zero attached hydrogens (tertiary/aromatic N) is 3. The average Bonchev–Trinajstić information content (AvgIpc) is 3.35. The number of benzene rings is 1. The van der Waals surface area contributed by atoms with Crippen LogP contribution in [0.5, 0.6) is 0 Å². The molecule has 0 radical (unpaired) electrons. The SMILES string of the molecule is CC(C)(C)N1C[C@H]2C[C@@H]1CN2c1cc2c(cc1F)C(=O)N([C@@H]1CCC(=O)NC1=O)C2=O. The minimum Gasteiger partial charge on any atom is -0.363 e. The van der Waals surface area contributed by atoms with Gasteiger partial charge in [0.15, 0.2) is 0 Å². The van der Waals surface area contributed by atoms with Gasteiger partial charge in [-0.3, -0.25) is 34.3 Å². The molecule has 3 fully saturated rings. The summed E-state index contributed by atoms with van der Waals surface area (Å²) in [7, 11) is 0. The highest BCUT2D eigenvalue weighted by atomic mass is 19.1. The van der Waals surface area contributed by atoms with Crippen molar-refractivity contribution in [1.29, 1.82) is 0 Å². The highest BCUT2D eigenvalue weighted by Crippen LogP contribution is 2.41. The lowest BCUT2D eigenvalue weighted by atomic mass is 10.0. The minimum absolute atomic E-state index is 0.0309. The van der Waals surface area contributed by atoms with Gasteiger partial charge in [0.25, 0.3) is 11.8 Å². The van der Waals surface area contributed by atoms with E-state index >= 15 is 4.39 Å². The third-order valence-electron chi connectivity index (χ3n) is 6.92. The van der Waals surface area contributed by atoms with Gasteiger partial charge in [-0.05, 0) is 45.7 Å². The third-order valence-corrected chi connectivity index (χ3v) is 6.92. The van der Waals surface area contributed by atoms with Gasteiger partial charge in [0.05, 0.1) is 16.8 Å². The molecule has 9 heteroatoms. The van der Waals surface area contributed by atoms with E-state index in [4.69, 9.17) is 0 Å². The van der Waals surface area contributed by atoms with Gasteiger partial charge in [-0.2, -0.15) is 0 Å². The first-order valence-corrected chi connectivity index (χ1v) is 10.6. The molecule has 0 aromatic heterocycles. The Morgan fingerprint density at radius 2 is 1.68 bits per heavy atom. The lowest BCUT2D eigenvalue weighted by Crippen LogP contribution is -2.54. The molecule has 0 unspecified atom stereocenters. The number of fused-ring (bicyclic) bond motifs is 3. The van der Waals surface area contributed by atoms with Crippen LogP contribution in [0.4, 0.5) is 10.1 Å². The summed E-state index contributed by atoms with van der Waals surface area (Å²) < 4.78 is 15.1. The van der Waals surface area contributed by atoms with E-state index in [0.717, 1.165) is 23.9 Å². The first kappa shape index (κ1) is 20.1. The summed E-state index contributed by atoms with van der Waals surface area (Å²) in [6, 6.07) is 1.98. The third kappa shape index (κ3) is 2.97. The Balaban J connectivity index is 1.43. The number of imide groups is 2. The summed E-state index contributed by atoms with van der Waals surface area (Å²) in [5.74, 6) is -2.96. The lowest BCUT2D eigenvalue weighted by Gasteiger charge is -2.42. The fourth-order valence-electron chi connectivity index (χ4n) is 5.48. The van der Waals surface area contributed by atoms with Crippen molar-refractivity contribution in [2.24, 2.45) is 0 Å². The quantitative estimate of drug-likeness (QED) is 0.714. The second-order valence-corrected chi connectivity index (χ2v) is 9.82. The van der Waals surface area contributed by atoms with E-state index in [2.05, 4.69) is 31.0 Å². The molecular formula is C22H25FN4O4. The lowest BCUT2D eigenvalue weighted by molar-refractivity contribution is -0.136. The molecule has 1 aromatic rings. The van der Waals surface area contributed by atoms with Crippen LogP contribution in [0.25, 0.3) is 0 Å². The molecule has 3 saturated heterocycles. The number of carbonyl (C=O) groups excluding carboxylic acids is 4. The summed E-state index contributed by atoms with van der Waals surface area (Å²) in [6.07, 6.45) is 1.05. The van der Waals surface area contributed by atoms with Gasteiger partial charge in [0, 0.05) is 37.1 Å². The highest BCUT2D eigenvalue weighted by molar-refractivity contribution is 6.23. The van der Waals surface area contributed by atoms with E-state index in [0.29, 0.717) is 18.3 Å². The van der Waals surface area contributed by atoms with E-state index in [9.17, 15) is 19.2 Å². The number of hydrogen-bond acceptors (Lipinski definition) is 6. The maximum atomic E-state index is 15.1. The number of carbonyl (C=O) groups is 4. The predicted octanol–water partition coefficient (Wildman–Crippen LogP) is 1.29. The Morgan fingerprint density at radius 1 is 1.00 bits per heavy atom. The Kier molecular flexibility index (Phi) is 4.28. The number of amides is 4. The second-order valence-electron chi connectivity index (χ2n) is 9.82. The van der Waals surface area contributed by atoms with Crippen LogP contribution in [-0.4, -0.2) is 70.2 Å². The first-order valence-electron chi connectivity index (χ1n) is 10.6. The molecule has 4 amide bonds. The maximum absolute atomic E-state index is 15.1. The van der Waals surface area contributed by atoms with E-state index < -0.39 is 35.5 Å². The number of piperazine rings is 1. The van der Waals surface area contributed by atoms with Crippen LogP contribution in [0.1, 0.15) is 60.7 Å². The topological polar surface area (TPSA) is 90.0 Å². The van der Waals surface area contributed by atoms with Crippen molar-refractivity contribution in [2.75, 3.05) is 18.0 Å². The van der Waals surface area contributed by atoms with Crippen LogP contribution < -0.4 is 10.2 Å². The maximum Gasteiger partial charge on any atom is 0.262 e. The number of halogens is 1. The van der Waals surface area contributed by atoms with E-state index in [1.165, 1.54) is 6.07 Å². The van der Waals surface area contributed by atoms with Gasteiger partial charge in [0.1, 0.15) is 11.9 Å². The van der Waals surface area contributed by atoms with Crippen molar-refractivity contribution < 1.29 is 23.6 Å². The number of nitrogens with one attached hydrogen (secondary N) is 1. The Morgan fingerprint density at radius 3 is 2.26 bits per heavy atom. The van der Waals surface area contributed by atoms with Gasteiger partial charge >= 0.3 is 0 Å². The number of rotatable bonds is 2. The van der Waals surface area contributed by atoms with Gasteiger partial charge < -0.3 is 4.90 Å². The van der Waals surface area contributed by atoms with Crippen molar-refractivity contribution in [2.45, 2.75) is 63.7 Å². The average molecular weight is 428 g/mol. The van der Waals surface area contributed by atoms with Crippen LogP contribution in [0.15, 0.2) is 12.1 Å². The first-order chi connectivity index (χ1) is 14.6. The van der Waals surface area contributed by atoms with Gasteiger partial charge in [0.2, 0.25) is 11.8 Å². The molecule has 2 bridgehead atoms. The molecule has 31 heavy (non-hydrogen) atoms. The van der Waals surface area contributed by atoms with Crippen molar-refractivity contribution in [3.05, 3.63) is 29.1 Å². The normalized spacial score (nSPS) is 28.6. The van der Waals surface area contributed by atoms with Crippen molar-refractivity contribution in [3.63, 3.8) is 0 Å². The molecule has 0 aliphatic carbocycles. The molecule has 8 nitrogen and oxygen atoms in total. The smallest absolute Gasteiger partial charge is 0.262 e. The standard InChI is InChI=1S/C22H25FN4O4/c1-22(2,3)26-10-11-6-12(26)9-25(11)17-8-14-13(7-15(17)23)20(30)27(21(14)31)16-4-5-18(28)24-19(16)29/h7-8,11-12,16H,4-6,9-10H2,1-3H3,(H,24,28,29)/t11-,12-,16-/m1/s1. The van der Waals surface area contributed by atoms with Crippen LogP contribution in [-0.2, 0) is 9.59 Å². The fraction of sp³-hybridized carbons (Fsp3) is 0.545. The van der Waals surface area contributed by atoms with Crippen LogP contribution >= 0.6 is 0 Å². The molecule has 4 aliphatic rings. The zero-order valence-corrected chi connectivity index (χ0v) is 17.8. The van der Waals surface area contributed by atoms with Crippen LogP contribution in [0, 0.1) is 5.82 Å². The summed E-state index contributed by atoms with van der Waals surface area (Å²) in [6.45, 7) is 7.99. The number of hydrogen-bond donors (Lipinski definition) is 1. The second kappa shape index (κ2) is 6.59. The van der Waals surface area contributed by atoms with E-state index in [1.54, 1.807) is 0 Å². The Hall–Kier alpha value is -2.81.